The summed E-state index contributed by atoms with van der Waals surface area (Å²) in [5.41, 5.74) is 1.46. The topological polar surface area (TPSA) is 21.3 Å². The smallest absolute Gasteiger partial charge is 0.119 e. The van der Waals surface area contributed by atoms with Gasteiger partial charge in [-0.3, -0.25) is 0 Å². The highest BCUT2D eigenvalue weighted by atomic mass is 16.5. The fraction of sp³-hybridized carbons (Fsp3) is 0.647. The summed E-state index contributed by atoms with van der Waals surface area (Å²) in [5, 5.41) is 3.63. The minimum absolute atomic E-state index is 0.709. The van der Waals surface area contributed by atoms with E-state index in [2.05, 4.69) is 50.4 Å². The Bertz CT molecular complexity index is 373. The number of hydrogen-bond acceptors (Lipinski definition) is 2. The fourth-order valence-electron chi connectivity index (χ4n) is 2.86. The lowest BCUT2D eigenvalue weighted by Crippen LogP contribution is -2.48. The van der Waals surface area contributed by atoms with E-state index in [0.29, 0.717) is 6.04 Å². The Morgan fingerprint density at radius 2 is 1.89 bits per heavy atom. The number of ether oxygens (including phenoxy) is 1. The van der Waals surface area contributed by atoms with Gasteiger partial charge in [-0.25, -0.2) is 0 Å². The summed E-state index contributed by atoms with van der Waals surface area (Å²) in [6.07, 6.45) is 3.56. The molecule has 0 saturated heterocycles. The SMILES string of the molecule is CCCNC1CC(c2ccc(OCCC)cc2)C1C. The van der Waals surface area contributed by atoms with Crippen LogP contribution < -0.4 is 10.1 Å². The molecule has 1 N–H and O–H groups in total. The monoisotopic (exact) mass is 261 g/mol. The Morgan fingerprint density at radius 1 is 1.16 bits per heavy atom. The zero-order valence-electron chi connectivity index (χ0n) is 12.5. The molecule has 0 amide bonds. The summed E-state index contributed by atoms with van der Waals surface area (Å²) < 4.78 is 5.63. The van der Waals surface area contributed by atoms with E-state index < -0.39 is 0 Å². The van der Waals surface area contributed by atoms with Crippen molar-refractivity contribution in [1.82, 2.24) is 5.32 Å². The molecule has 106 valence electrons. The Hall–Kier alpha value is -1.02. The average Bonchev–Trinajstić information content (AvgIpc) is 2.45. The van der Waals surface area contributed by atoms with Gasteiger partial charge < -0.3 is 10.1 Å². The lowest BCUT2D eigenvalue weighted by atomic mass is 9.67. The first-order valence-corrected chi connectivity index (χ1v) is 7.72. The van der Waals surface area contributed by atoms with E-state index >= 15 is 0 Å². The third-order valence-corrected chi connectivity index (χ3v) is 4.21. The van der Waals surface area contributed by atoms with E-state index in [1.54, 1.807) is 0 Å². The van der Waals surface area contributed by atoms with Gasteiger partial charge in [-0.15, -0.1) is 0 Å². The lowest BCUT2D eigenvalue weighted by Gasteiger charge is -2.44. The predicted molar refractivity (Wildman–Crippen MR) is 80.8 cm³/mol. The molecule has 1 saturated carbocycles. The Morgan fingerprint density at radius 3 is 2.47 bits per heavy atom. The molecule has 0 radical (unpaired) electrons. The van der Waals surface area contributed by atoms with Crippen LogP contribution >= 0.6 is 0 Å². The predicted octanol–water partition coefficient (Wildman–Crippen LogP) is 3.97. The van der Waals surface area contributed by atoms with Crippen molar-refractivity contribution < 1.29 is 4.74 Å². The average molecular weight is 261 g/mol. The van der Waals surface area contributed by atoms with E-state index in [1.165, 1.54) is 18.4 Å². The van der Waals surface area contributed by atoms with Crippen LogP contribution in [0, 0.1) is 5.92 Å². The highest BCUT2D eigenvalue weighted by molar-refractivity contribution is 5.31. The summed E-state index contributed by atoms with van der Waals surface area (Å²) in [4.78, 5) is 0. The van der Waals surface area contributed by atoms with E-state index in [0.717, 1.165) is 37.2 Å². The zero-order chi connectivity index (χ0) is 13.7. The molecular formula is C17H27NO. The number of rotatable bonds is 7. The van der Waals surface area contributed by atoms with Crippen LogP contribution in [-0.2, 0) is 0 Å². The maximum atomic E-state index is 5.63. The van der Waals surface area contributed by atoms with Crippen molar-refractivity contribution in [3.63, 3.8) is 0 Å². The molecule has 0 bridgehead atoms. The first-order valence-electron chi connectivity index (χ1n) is 7.72. The second kappa shape index (κ2) is 6.95. The van der Waals surface area contributed by atoms with Crippen molar-refractivity contribution in [2.75, 3.05) is 13.2 Å². The van der Waals surface area contributed by atoms with Crippen LogP contribution in [0.5, 0.6) is 5.75 Å². The molecule has 1 aromatic rings. The largest absolute Gasteiger partial charge is 0.494 e. The van der Waals surface area contributed by atoms with Gasteiger partial charge in [0.1, 0.15) is 5.75 Å². The quantitative estimate of drug-likeness (QED) is 0.802. The Balaban J connectivity index is 1.86. The maximum absolute atomic E-state index is 5.63. The van der Waals surface area contributed by atoms with Crippen LogP contribution in [0.2, 0.25) is 0 Å². The Labute approximate surface area is 117 Å². The molecule has 1 aliphatic carbocycles. The van der Waals surface area contributed by atoms with Crippen molar-refractivity contribution in [2.24, 2.45) is 5.92 Å². The van der Waals surface area contributed by atoms with Gasteiger partial charge in [-0.2, -0.15) is 0 Å². The molecule has 0 spiro atoms. The van der Waals surface area contributed by atoms with Gasteiger partial charge in [0, 0.05) is 6.04 Å². The van der Waals surface area contributed by atoms with Crippen LogP contribution in [-0.4, -0.2) is 19.2 Å². The van der Waals surface area contributed by atoms with Crippen LogP contribution in [0.1, 0.15) is 51.5 Å². The van der Waals surface area contributed by atoms with Gasteiger partial charge in [0.2, 0.25) is 0 Å². The van der Waals surface area contributed by atoms with Gasteiger partial charge in [0.15, 0.2) is 0 Å². The normalized spacial score (nSPS) is 25.9. The van der Waals surface area contributed by atoms with Gasteiger partial charge in [-0.1, -0.05) is 32.9 Å². The molecule has 0 heterocycles. The van der Waals surface area contributed by atoms with Crippen molar-refractivity contribution in [1.29, 1.82) is 0 Å². The molecular weight excluding hydrogens is 234 g/mol. The molecule has 3 atom stereocenters. The lowest BCUT2D eigenvalue weighted by molar-refractivity contribution is 0.185. The van der Waals surface area contributed by atoms with Crippen molar-refractivity contribution in [3.8, 4) is 5.75 Å². The molecule has 1 aromatic carbocycles. The minimum Gasteiger partial charge on any atom is -0.494 e. The van der Waals surface area contributed by atoms with Gasteiger partial charge >= 0.3 is 0 Å². The van der Waals surface area contributed by atoms with Crippen LogP contribution in [0.4, 0.5) is 0 Å². The van der Waals surface area contributed by atoms with E-state index in [1.807, 2.05) is 0 Å². The molecule has 2 nitrogen and oxygen atoms in total. The third kappa shape index (κ3) is 3.50. The van der Waals surface area contributed by atoms with Gasteiger partial charge in [0.25, 0.3) is 0 Å². The highest BCUT2D eigenvalue weighted by Crippen LogP contribution is 2.42. The molecule has 0 aliphatic heterocycles. The summed E-state index contributed by atoms with van der Waals surface area (Å²) in [7, 11) is 0. The van der Waals surface area contributed by atoms with Crippen molar-refractivity contribution >= 4 is 0 Å². The first kappa shape index (κ1) is 14.4. The summed E-state index contributed by atoms with van der Waals surface area (Å²) >= 11 is 0. The van der Waals surface area contributed by atoms with Crippen molar-refractivity contribution in [3.05, 3.63) is 29.8 Å². The van der Waals surface area contributed by atoms with Gasteiger partial charge in [-0.05, 0) is 55.3 Å². The molecule has 2 rings (SSSR count). The van der Waals surface area contributed by atoms with Gasteiger partial charge in [0.05, 0.1) is 6.61 Å². The molecule has 2 heteroatoms. The van der Waals surface area contributed by atoms with E-state index in [4.69, 9.17) is 4.74 Å². The molecule has 1 fully saturated rings. The summed E-state index contributed by atoms with van der Waals surface area (Å²) in [6, 6.07) is 9.42. The van der Waals surface area contributed by atoms with Crippen molar-refractivity contribution in [2.45, 2.75) is 52.0 Å². The summed E-state index contributed by atoms with van der Waals surface area (Å²) in [6.45, 7) is 8.67. The molecule has 0 aromatic heterocycles. The third-order valence-electron chi connectivity index (χ3n) is 4.21. The van der Waals surface area contributed by atoms with Crippen LogP contribution in [0.25, 0.3) is 0 Å². The molecule has 3 unspecified atom stereocenters. The molecule has 1 aliphatic rings. The fourth-order valence-corrected chi connectivity index (χ4v) is 2.86. The van der Waals surface area contributed by atoms with E-state index in [9.17, 15) is 0 Å². The second-order valence-electron chi connectivity index (χ2n) is 5.68. The maximum Gasteiger partial charge on any atom is 0.119 e. The van der Waals surface area contributed by atoms with Crippen LogP contribution in [0.15, 0.2) is 24.3 Å². The zero-order valence-corrected chi connectivity index (χ0v) is 12.5. The standard InChI is InChI=1S/C17H27NO/c1-4-10-18-17-12-16(13(17)3)14-6-8-15(9-7-14)19-11-5-2/h6-9,13,16-18H,4-5,10-12H2,1-3H3. The minimum atomic E-state index is 0.709. The van der Waals surface area contributed by atoms with Crippen LogP contribution in [0.3, 0.4) is 0 Å². The first-order chi connectivity index (χ1) is 9.26. The second-order valence-corrected chi connectivity index (χ2v) is 5.68. The molecule has 19 heavy (non-hydrogen) atoms. The number of nitrogens with one attached hydrogen (secondary N) is 1. The number of hydrogen-bond donors (Lipinski definition) is 1. The Kier molecular flexibility index (Phi) is 5.26. The highest BCUT2D eigenvalue weighted by Gasteiger charge is 2.37. The number of benzene rings is 1. The summed E-state index contributed by atoms with van der Waals surface area (Å²) in [5.74, 6) is 2.46. The van der Waals surface area contributed by atoms with E-state index in [-0.39, 0.29) is 0 Å².